The molecule has 0 aliphatic heterocycles. The fraction of sp³-hybridized carbons (Fsp3) is 0.333. The summed E-state index contributed by atoms with van der Waals surface area (Å²) in [6.45, 7) is 1.91. The zero-order chi connectivity index (χ0) is 9.14. The van der Waals surface area contributed by atoms with Crippen LogP contribution in [0.2, 0.25) is 0 Å². The second-order valence-corrected chi connectivity index (χ2v) is 2.48. The van der Waals surface area contributed by atoms with Crippen LogP contribution >= 0.6 is 0 Å². The largest absolute Gasteiger partial charge is 0.502 e. The van der Waals surface area contributed by atoms with E-state index in [1.807, 2.05) is 6.92 Å². The molecule has 0 amide bonds. The van der Waals surface area contributed by atoms with Gasteiger partial charge in [-0.1, -0.05) is 6.92 Å². The van der Waals surface area contributed by atoms with Crippen molar-refractivity contribution >= 4 is 0 Å². The van der Waals surface area contributed by atoms with Gasteiger partial charge < -0.3 is 9.84 Å². The Hall–Kier alpha value is -1.25. The first-order chi connectivity index (χ1) is 5.69. The van der Waals surface area contributed by atoms with E-state index >= 15 is 0 Å². The molecule has 1 rings (SSSR count). The zero-order valence-corrected chi connectivity index (χ0v) is 7.10. The summed E-state index contributed by atoms with van der Waals surface area (Å²) in [5, 5.41) is 9.12. The lowest BCUT2D eigenvalue weighted by Gasteiger charge is -2.05. The lowest BCUT2D eigenvalue weighted by atomic mass is 10.1. The van der Waals surface area contributed by atoms with E-state index in [1.54, 1.807) is 6.07 Å². The molecule has 3 heteroatoms. The van der Waals surface area contributed by atoms with Crippen LogP contribution in [0.25, 0.3) is 0 Å². The number of methoxy groups -OCH3 is 1. The number of hydrogen-bond acceptors (Lipinski definition) is 2. The molecule has 0 atom stereocenters. The summed E-state index contributed by atoms with van der Waals surface area (Å²) in [6, 6.07) is 2.93. The molecule has 0 bridgehead atoms. The lowest BCUT2D eigenvalue weighted by molar-refractivity contribution is 0.356. The number of hydrogen-bond donors (Lipinski definition) is 1. The number of phenolic OH excluding ortho intramolecular Hbond substituents is 1. The third-order valence-corrected chi connectivity index (χ3v) is 1.72. The van der Waals surface area contributed by atoms with Gasteiger partial charge in [-0.25, -0.2) is 4.39 Å². The minimum absolute atomic E-state index is 0.187. The number of ether oxygens (including phenoxy) is 1. The number of phenols is 1. The molecule has 0 saturated carbocycles. The van der Waals surface area contributed by atoms with Crippen LogP contribution in [0, 0.1) is 5.82 Å². The van der Waals surface area contributed by atoms with Crippen molar-refractivity contribution in [3.63, 3.8) is 0 Å². The first-order valence-corrected chi connectivity index (χ1v) is 3.74. The SMILES string of the molecule is CCc1cc(F)c(O)c(OC)c1. The van der Waals surface area contributed by atoms with Crippen LogP contribution in [0.1, 0.15) is 12.5 Å². The van der Waals surface area contributed by atoms with E-state index in [0.717, 1.165) is 5.56 Å². The summed E-state index contributed by atoms with van der Waals surface area (Å²) in [4.78, 5) is 0. The van der Waals surface area contributed by atoms with Crippen molar-refractivity contribution < 1.29 is 14.2 Å². The van der Waals surface area contributed by atoms with E-state index in [9.17, 15) is 4.39 Å². The highest BCUT2D eigenvalue weighted by atomic mass is 19.1. The van der Waals surface area contributed by atoms with Crippen LogP contribution in [0.4, 0.5) is 4.39 Å². The van der Waals surface area contributed by atoms with Gasteiger partial charge in [0.1, 0.15) is 0 Å². The topological polar surface area (TPSA) is 29.5 Å². The minimum Gasteiger partial charge on any atom is -0.502 e. The summed E-state index contributed by atoms with van der Waals surface area (Å²) in [6.07, 6.45) is 0.716. The van der Waals surface area contributed by atoms with Crippen molar-refractivity contribution in [2.75, 3.05) is 7.11 Å². The molecule has 12 heavy (non-hydrogen) atoms. The van der Waals surface area contributed by atoms with Gasteiger partial charge >= 0.3 is 0 Å². The van der Waals surface area contributed by atoms with Crippen molar-refractivity contribution in [1.82, 2.24) is 0 Å². The standard InChI is InChI=1S/C9H11FO2/c1-3-6-4-7(10)9(11)8(5-6)12-2/h4-5,11H,3H2,1-2H3. The maximum atomic E-state index is 12.9. The molecule has 2 nitrogen and oxygen atoms in total. The van der Waals surface area contributed by atoms with Gasteiger partial charge in [0.25, 0.3) is 0 Å². The highest BCUT2D eigenvalue weighted by molar-refractivity contribution is 5.43. The Labute approximate surface area is 70.6 Å². The van der Waals surface area contributed by atoms with Crippen molar-refractivity contribution in [3.8, 4) is 11.5 Å². The third kappa shape index (κ3) is 1.49. The van der Waals surface area contributed by atoms with Crippen LogP contribution < -0.4 is 4.74 Å². The highest BCUT2D eigenvalue weighted by Crippen LogP contribution is 2.29. The van der Waals surface area contributed by atoms with Gasteiger partial charge in [-0.2, -0.15) is 0 Å². The molecule has 66 valence electrons. The highest BCUT2D eigenvalue weighted by Gasteiger charge is 2.08. The summed E-state index contributed by atoms with van der Waals surface area (Å²) in [5.74, 6) is -0.868. The average Bonchev–Trinajstić information content (AvgIpc) is 2.09. The first kappa shape index (κ1) is 8.84. The second-order valence-electron chi connectivity index (χ2n) is 2.48. The Morgan fingerprint density at radius 2 is 2.17 bits per heavy atom. The molecule has 0 spiro atoms. The van der Waals surface area contributed by atoms with Crippen molar-refractivity contribution in [3.05, 3.63) is 23.5 Å². The Kier molecular flexibility index (Phi) is 2.53. The Balaban J connectivity index is 3.19. The van der Waals surface area contributed by atoms with Crippen LogP contribution in [0.3, 0.4) is 0 Å². The predicted molar refractivity (Wildman–Crippen MR) is 44.0 cm³/mol. The van der Waals surface area contributed by atoms with E-state index < -0.39 is 11.6 Å². The molecule has 1 aromatic rings. The quantitative estimate of drug-likeness (QED) is 0.736. The van der Waals surface area contributed by atoms with Gasteiger partial charge in [-0.05, 0) is 24.1 Å². The zero-order valence-electron chi connectivity index (χ0n) is 7.10. The molecule has 1 N–H and O–H groups in total. The van der Waals surface area contributed by atoms with Crippen LogP contribution in [0.5, 0.6) is 11.5 Å². The van der Waals surface area contributed by atoms with Crippen LogP contribution in [0.15, 0.2) is 12.1 Å². The summed E-state index contributed by atoms with van der Waals surface area (Å²) in [7, 11) is 1.40. The maximum absolute atomic E-state index is 12.9. The van der Waals surface area contributed by atoms with Gasteiger partial charge in [0.2, 0.25) is 0 Å². The Morgan fingerprint density at radius 3 is 2.67 bits per heavy atom. The normalized spacial score (nSPS) is 9.92. The molecular weight excluding hydrogens is 159 g/mol. The number of aryl methyl sites for hydroxylation is 1. The van der Waals surface area contributed by atoms with Crippen LogP contribution in [-0.2, 0) is 6.42 Å². The van der Waals surface area contributed by atoms with E-state index in [2.05, 4.69) is 0 Å². The van der Waals surface area contributed by atoms with E-state index in [1.165, 1.54) is 13.2 Å². The molecular formula is C9H11FO2. The smallest absolute Gasteiger partial charge is 0.194 e. The first-order valence-electron chi connectivity index (χ1n) is 3.74. The Morgan fingerprint density at radius 1 is 1.50 bits per heavy atom. The lowest BCUT2D eigenvalue weighted by Crippen LogP contribution is -1.90. The fourth-order valence-corrected chi connectivity index (χ4v) is 0.987. The minimum atomic E-state index is -0.633. The molecule has 0 radical (unpaired) electrons. The van der Waals surface area contributed by atoms with E-state index in [0.29, 0.717) is 6.42 Å². The average molecular weight is 170 g/mol. The van der Waals surface area contributed by atoms with Gasteiger partial charge in [-0.3, -0.25) is 0 Å². The van der Waals surface area contributed by atoms with Gasteiger partial charge in [-0.15, -0.1) is 0 Å². The molecule has 0 aliphatic carbocycles. The van der Waals surface area contributed by atoms with Crippen molar-refractivity contribution in [1.29, 1.82) is 0 Å². The molecule has 0 aromatic heterocycles. The molecule has 0 saturated heterocycles. The van der Waals surface area contributed by atoms with Gasteiger partial charge in [0.15, 0.2) is 17.3 Å². The monoisotopic (exact) mass is 170 g/mol. The van der Waals surface area contributed by atoms with Crippen LogP contribution in [-0.4, -0.2) is 12.2 Å². The number of halogens is 1. The van der Waals surface area contributed by atoms with Gasteiger partial charge in [0, 0.05) is 0 Å². The summed E-state index contributed by atoms with van der Waals surface area (Å²) in [5.41, 5.74) is 0.808. The third-order valence-electron chi connectivity index (χ3n) is 1.72. The summed E-state index contributed by atoms with van der Waals surface area (Å²) >= 11 is 0. The molecule has 0 aliphatic rings. The molecule has 0 fully saturated rings. The summed E-state index contributed by atoms with van der Waals surface area (Å²) < 4.78 is 17.7. The van der Waals surface area contributed by atoms with Crippen molar-refractivity contribution in [2.24, 2.45) is 0 Å². The Bertz CT molecular complexity index is 284. The number of rotatable bonds is 2. The molecule has 0 heterocycles. The van der Waals surface area contributed by atoms with Crippen molar-refractivity contribution in [2.45, 2.75) is 13.3 Å². The predicted octanol–water partition coefficient (Wildman–Crippen LogP) is 2.10. The molecule has 0 unspecified atom stereocenters. The van der Waals surface area contributed by atoms with E-state index in [-0.39, 0.29) is 5.75 Å². The fourth-order valence-electron chi connectivity index (χ4n) is 0.987. The number of aromatic hydroxyl groups is 1. The van der Waals surface area contributed by atoms with Gasteiger partial charge in [0.05, 0.1) is 7.11 Å². The second kappa shape index (κ2) is 3.43. The molecule has 1 aromatic carbocycles. The number of benzene rings is 1. The van der Waals surface area contributed by atoms with E-state index in [4.69, 9.17) is 9.84 Å². The maximum Gasteiger partial charge on any atom is 0.194 e.